The molecule has 11 heteroatoms. The molecule has 5 atom stereocenters. The molecular formula is C16H24O11. The van der Waals surface area contributed by atoms with E-state index in [9.17, 15) is 14.4 Å². The van der Waals surface area contributed by atoms with E-state index in [0.29, 0.717) is 5.56 Å². The molecule has 1 aromatic rings. The van der Waals surface area contributed by atoms with Crippen molar-refractivity contribution in [3.63, 3.8) is 0 Å². The summed E-state index contributed by atoms with van der Waals surface area (Å²) in [6.45, 7) is 0.437. The van der Waals surface area contributed by atoms with Crippen LogP contribution in [0.1, 0.15) is 17.3 Å². The fourth-order valence-corrected chi connectivity index (χ4v) is 1.20. The van der Waals surface area contributed by atoms with Crippen molar-refractivity contribution in [1.82, 2.24) is 0 Å². The first kappa shape index (κ1) is 26.8. The maximum absolute atomic E-state index is 10.2. The second kappa shape index (κ2) is 14.7. The molecule has 0 aliphatic carbocycles. The number of carboxylic acids is 2. The topological polar surface area (TPSA) is 213 Å². The van der Waals surface area contributed by atoms with Gasteiger partial charge >= 0.3 is 11.9 Å². The van der Waals surface area contributed by atoms with Crippen LogP contribution in [0.5, 0.6) is 0 Å². The first-order valence-corrected chi connectivity index (χ1v) is 7.47. The number of rotatable bonds is 7. The van der Waals surface area contributed by atoms with E-state index in [2.05, 4.69) is 0 Å². The molecule has 0 saturated carbocycles. The molecule has 1 rings (SSSR count). The predicted molar refractivity (Wildman–Crippen MR) is 89.9 cm³/mol. The van der Waals surface area contributed by atoms with E-state index in [1.165, 1.54) is 6.92 Å². The Hall–Kier alpha value is -2.41. The third kappa shape index (κ3) is 12.6. The van der Waals surface area contributed by atoms with Gasteiger partial charge in [-0.1, -0.05) is 18.2 Å². The number of aliphatic carboxylic acids is 1. The van der Waals surface area contributed by atoms with Crippen LogP contribution in [-0.4, -0.2) is 96.2 Å². The summed E-state index contributed by atoms with van der Waals surface area (Å²) in [5.41, 5.74) is 0.331. The highest BCUT2D eigenvalue weighted by molar-refractivity contribution is 5.87. The molecule has 8 N–H and O–H groups in total. The van der Waals surface area contributed by atoms with Crippen molar-refractivity contribution in [3.05, 3.63) is 35.9 Å². The largest absolute Gasteiger partial charge is 0.479 e. The van der Waals surface area contributed by atoms with Gasteiger partial charge < -0.3 is 45.6 Å². The summed E-state index contributed by atoms with van der Waals surface area (Å²) in [7, 11) is 0. The molecule has 0 amide bonds. The SMILES string of the molecule is CC(O)C(=O)O.O=C(O)c1ccccc1.O=C[C@H](O)[C@@H](O)[C@H](O)[C@H](O)CO. The van der Waals surface area contributed by atoms with Crippen LogP contribution in [0.3, 0.4) is 0 Å². The fourth-order valence-electron chi connectivity index (χ4n) is 1.20. The van der Waals surface area contributed by atoms with Crippen molar-refractivity contribution in [2.45, 2.75) is 37.4 Å². The van der Waals surface area contributed by atoms with Crippen LogP contribution >= 0.6 is 0 Å². The number of aliphatic hydroxyl groups excluding tert-OH is 6. The number of hydrogen-bond acceptors (Lipinski definition) is 9. The Kier molecular flexibility index (Phi) is 14.6. The second-order valence-corrected chi connectivity index (χ2v) is 5.04. The van der Waals surface area contributed by atoms with Gasteiger partial charge in [0.25, 0.3) is 0 Å². The van der Waals surface area contributed by atoms with Gasteiger partial charge in [-0.05, 0) is 19.1 Å². The summed E-state index contributed by atoms with van der Waals surface area (Å²) in [5, 5.41) is 67.7. The average Bonchev–Trinajstić information content (AvgIpc) is 2.66. The standard InChI is InChI=1S/C7H6O2.C6H12O6.C3H6O3/c8-7(9)6-4-2-1-3-5-6;7-1-3(9)5(11)6(12)4(10)2-8;1-2(4)3(5)6/h1-5H,(H,8,9);1,3-6,8-12H,2H2;2,4H,1H3,(H,5,6)/t;3-,4+,5+,6+;/m.0./s1. The minimum atomic E-state index is -1.79. The van der Waals surface area contributed by atoms with Gasteiger partial charge in [-0.15, -0.1) is 0 Å². The number of aldehydes is 1. The van der Waals surface area contributed by atoms with Gasteiger partial charge in [0, 0.05) is 0 Å². The highest BCUT2D eigenvalue weighted by Gasteiger charge is 2.29. The molecule has 0 bridgehead atoms. The lowest BCUT2D eigenvalue weighted by Gasteiger charge is -2.22. The van der Waals surface area contributed by atoms with Crippen LogP contribution in [0, 0.1) is 0 Å². The number of carbonyl (C=O) groups is 3. The average molecular weight is 392 g/mol. The van der Waals surface area contributed by atoms with Gasteiger partial charge in [-0.3, -0.25) is 0 Å². The van der Waals surface area contributed by atoms with Crippen molar-refractivity contribution in [1.29, 1.82) is 0 Å². The number of aliphatic hydroxyl groups is 6. The molecular weight excluding hydrogens is 368 g/mol. The first-order chi connectivity index (χ1) is 12.5. The highest BCUT2D eigenvalue weighted by atomic mass is 16.4. The van der Waals surface area contributed by atoms with Crippen LogP contribution in [-0.2, 0) is 9.59 Å². The highest BCUT2D eigenvalue weighted by Crippen LogP contribution is 2.03. The van der Waals surface area contributed by atoms with Crippen molar-refractivity contribution in [2.75, 3.05) is 6.61 Å². The number of carbonyl (C=O) groups excluding carboxylic acids is 1. The molecule has 1 aromatic carbocycles. The molecule has 154 valence electrons. The summed E-state index contributed by atoms with van der Waals surface area (Å²) in [6, 6.07) is 8.30. The quantitative estimate of drug-likeness (QED) is 0.226. The third-order valence-electron chi connectivity index (χ3n) is 2.80. The van der Waals surface area contributed by atoms with Crippen LogP contribution in [0.4, 0.5) is 0 Å². The maximum atomic E-state index is 10.2. The molecule has 0 saturated heterocycles. The Labute approximate surface area is 154 Å². The lowest BCUT2D eigenvalue weighted by atomic mass is 10.0. The number of benzene rings is 1. The van der Waals surface area contributed by atoms with Gasteiger partial charge in [0.2, 0.25) is 0 Å². The molecule has 0 fully saturated rings. The minimum Gasteiger partial charge on any atom is -0.479 e. The van der Waals surface area contributed by atoms with Crippen molar-refractivity contribution >= 4 is 18.2 Å². The van der Waals surface area contributed by atoms with Crippen molar-refractivity contribution in [3.8, 4) is 0 Å². The molecule has 0 aliphatic rings. The summed E-state index contributed by atoms with van der Waals surface area (Å²) >= 11 is 0. The van der Waals surface area contributed by atoms with Gasteiger partial charge in [0.1, 0.15) is 30.5 Å². The number of carboxylic acid groups (broad SMARTS) is 2. The maximum Gasteiger partial charge on any atom is 0.335 e. The smallest absolute Gasteiger partial charge is 0.335 e. The Balaban J connectivity index is 0. The summed E-state index contributed by atoms with van der Waals surface area (Å²) in [5.74, 6) is -2.06. The lowest BCUT2D eigenvalue weighted by molar-refractivity contribution is -0.145. The summed E-state index contributed by atoms with van der Waals surface area (Å²) < 4.78 is 0. The fraction of sp³-hybridized carbons (Fsp3) is 0.438. The molecule has 11 nitrogen and oxygen atoms in total. The molecule has 0 aliphatic heterocycles. The predicted octanol–water partition coefficient (Wildman–Crippen LogP) is -2.54. The van der Waals surface area contributed by atoms with E-state index >= 15 is 0 Å². The second-order valence-electron chi connectivity index (χ2n) is 5.04. The normalized spacial score (nSPS) is 15.4. The van der Waals surface area contributed by atoms with Crippen LogP contribution in [0.25, 0.3) is 0 Å². The molecule has 0 radical (unpaired) electrons. The Morgan fingerprint density at radius 1 is 0.963 bits per heavy atom. The van der Waals surface area contributed by atoms with E-state index in [-0.39, 0.29) is 6.29 Å². The van der Waals surface area contributed by atoms with Crippen molar-refractivity contribution in [2.24, 2.45) is 0 Å². The van der Waals surface area contributed by atoms with E-state index in [4.69, 9.17) is 40.9 Å². The zero-order valence-corrected chi connectivity index (χ0v) is 14.4. The van der Waals surface area contributed by atoms with E-state index in [0.717, 1.165) is 0 Å². The van der Waals surface area contributed by atoms with Gasteiger partial charge in [0.05, 0.1) is 12.2 Å². The first-order valence-electron chi connectivity index (χ1n) is 7.47. The Morgan fingerprint density at radius 2 is 1.41 bits per heavy atom. The molecule has 0 heterocycles. The molecule has 1 unspecified atom stereocenters. The van der Waals surface area contributed by atoms with Crippen LogP contribution in [0.15, 0.2) is 30.3 Å². The minimum absolute atomic E-state index is 0.0258. The zero-order valence-electron chi connectivity index (χ0n) is 14.4. The Morgan fingerprint density at radius 3 is 1.67 bits per heavy atom. The number of aromatic carboxylic acids is 1. The van der Waals surface area contributed by atoms with E-state index < -0.39 is 49.1 Å². The van der Waals surface area contributed by atoms with E-state index in [1.807, 2.05) is 0 Å². The molecule has 0 aromatic heterocycles. The number of hydrogen-bond donors (Lipinski definition) is 8. The molecule has 0 spiro atoms. The van der Waals surface area contributed by atoms with Gasteiger partial charge in [-0.2, -0.15) is 0 Å². The van der Waals surface area contributed by atoms with Gasteiger partial charge in [-0.25, -0.2) is 9.59 Å². The van der Waals surface area contributed by atoms with Gasteiger partial charge in [0.15, 0.2) is 6.29 Å². The van der Waals surface area contributed by atoms with Crippen molar-refractivity contribution < 1.29 is 55.2 Å². The summed E-state index contributed by atoms with van der Waals surface area (Å²) in [4.78, 5) is 29.5. The third-order valence-corrected chi connectivity index (χ3v) is 2.80. The Bertz CT molecular complexity index is 547. The summed E-state index contributed by atoms with van der Waals surface area (Å²) in [6.07, 6.45) is -8.07. The van der Waals surface area contributed by atoms with E-state index in [1.54, 1.807) is 30.3 Å². The zero-order chi connectivity index (χ0) is 21.6. The molecule has 27 heavy (non-hydrogen) atoms. The van der Waals surface area contributed by atoms with Crippen LogP contribution < -0.4 is 0 Å². The monoisotopic (exact) mass is 392 g/mol. The lowest BCUT2D eigenvalue weighted by Crippen LogP contribution is -2.46. The van der Waals surface area contributed by atoms with Crippen LogP contribution in [0.2, 0.25) is 0 Å².